The summed E-state index contributed by atoms with van der Waals surface area (Å²) >= 11 is 0. The molecule has 0 radical (unpaired) electrons. The zero-order valence-electron chi connectivity index (χ0n) is 19.2. The fourth-order valence-electron chi connectivity index (χ4n) is 4.15. The lowest BCUT2D eigenvalue weighted by molar-refractivity contribution is 0.326. The monoisotopic (exact) mass is 454 g/mol. The molecule has 0 aliphatic carbocycles. The normalized spacial score (nSPS) is 14.2. The molecular formula is C24H26N2O7. The van der Waals surface area contributed by atoms with Gasteiger partial charge in [-0.3, -0.25) is 9.36 Å². The summed E-state index contributed by atoms with van der Waals surface area (Å²) in [6, 6.07) is 5.04. The Balaban J connectivity index is 1.97. The lowest BCUT2D eigenvalue weighted by Crippen LogP contribution is -2.28. The Morgan fingerprint density at radius 1 is 0.909 bits per heavy atom. The fourth-order valence-corrected chi connectivity index (χ4v) is 4.15. The molecule has 0 amide bonds. The topological polar surface area (TPSA) is 101 Å². The summed E-state index contributed by atoms with van der Waals surface area (Å²) in [7, 11) is 7.47. The van der Waals surface area contributed by atoms with Gasteiger partial charge in [0.05, 0.1) is 40.9 Å². The first-order chi connectivity index (χ1) is 16.0. The first kappa shape index (κ1) is 22.3. The van der Waals surface area contributed by atoms with Gasteiger partial charge in [0.15, 0.2) is 23.0 Å². The molecule has 2 heterocycles. The summed E-state index contributed by atoms with van der Waals surface area (Å²) in [6.07, 6.45) is 3.42. The maximum atomic E-state index is 13.4. The van der Waals surface area contributed by atoms with Gasteiger partial charge in [-0.1, -0.05) is 0 Å². The predicted molar refractivity (Wildman–Crippen MR) is 124 cm³/mol. The quantitative estimate of drug-likeness (QED) is 0.604. The van der Waals surface area contributed by atoms with E-state index in [4.69, 9.17) is 28.7 Å². The van der Waals surface area contributed by atoms with E-state index in [1.54, 1.807) is 22.8 Å². The van der Waals surface area contributed by atoms with Crippen molar-refractivity contribution in [1.82, 2.24) is 9.55 Å². The summed E-state index contributed by atoms with van der Waals surface area (Å²) in [5, 5.41) is 10.6. The molecule has 2 aromatic carbocycles. The highest BCUT2D eigenvalue weighted by Gasteiger charge is 2.25. The van der Waals surface area contributed by atoms with E-state index in [1.165, 1.54) is 35.5 Å². The van der Waals surface area contributed by atoms with Gasteiger partial charge in [0, 0.05) is 6.54 Å². The molecule has 0 saturated heterocycles. The smallest absolute Gasteiger partial charge is 0.261 e. The molecule has 1 N–H and O–H groups in total. The van der Waals surface area contributed by atoms with Crippen LogP contribution in [0.15, 0.2) is 23.0 Å². The van der Waals surface area contributed by atoms with E-state index >= 15 is 0 Å². The van der Waals surface area contributed by atoms with Crippen molar-refractivity contribution in [1.29, 1.82) is 0 Å². The van der Waals surface area contributed by atoms with Crippen molar-refractivity contribution in [3.63, 3.8) is 0 Å². The molecule has 0 atom stereocenters. The summed E-state index contributed by atoms with van der Waals surface area (Å²) in [5.74, 6) is 2.17. The maximum absolute atomic E-state index is 13.4. The van der Waals surface area contributed by atoms with Crippen molar-refractivity contribution in [2.45, 2.75) is 19.4 Å². The van der Waals surface area contributed by atoms with E-state index in [-0.39, 0.29) is 11.3 Å². The van der Waals surface area contributed by atoms with Crippen LogP contribution in [0.5, 0.6) is 34.5 Å². The number of phenolic OH excluding ortho intramolecular Hbond substituents is 1. The minimum atomic E-state index is -0.180. The van der Waals surface area contributed by atoms with Crippen LogP contribution in [0.3, 0.4) is 0 Å². The highest BCUT2D eigenvalue weighted by molar-refractivity contribution is 5.91. The largest absolute Gasteiger partial charge is 0.502 e. The molecule has 1 aliphatic rings. The highest BCUT2D eigenvalue weighted by Crippen LogP contribution is 2.43. The van der Waals surface area contributed by atoms with Gasteiger partial charge in [-0.2, -0.15) is 0 Å². The molecule has 1 aromatic heterocycles. The van der Waals surface area contributed by atoms with Crippen molar-refractivity contribution < 1.29 is 28.8 Å². The molecule has 0 saturated carbocycles. The Morgan fingerprint density at radius 3 is 2.12 bits per heavy atom. The van der Waals surface area contributed by atoms with Gasteiger partial charge in [0.25, 0.3) is 5.56 Å². The van der Waals surface area contributed by atoms with Crippen LogP contribution in [0.1, 0.15) is 24.2 Å². The number of ether oxygens (including phenoxy) is 5. The number of fused-ring (bicyclic) bond motifs is 2. The number of methoxy groups -OCH3 is 5. The number of aromatic hydroxyl groups is 1. The molecule has 3 aromatic rings. The second-order valence-corrected chi connectivity index (χ2v) is 7.48. The van der Waals surface area contributed by atoms with Gasteiger partial charge in [-0.25, -0.2) is 4.98 Å². The van der Waals surface area contributed by atoms with E-state index < -0.39 is 0 Å². The zero-order chi connectivity index (χ0) is 23.7. The van der Waals surface area contributed by atoms with E-state index in [0.29, 0.717) is 52.0 Å². The van der Waals surface area contributed by atoms with Crippen molar-refractivity contribution in [3.8, 4) is 34.5 Å². The lowest BCUT2D eigenvalue weighted by Gasteiger charge is -2.22. The van der Waals surface area contributed by atoms with Gasteiger partial charge in [-0.15, -0.1) is 0 Å². The summed E-state index contributed by atoms with van der Waals surface area (Å²) in [6.45, 7) is 0.549. The van der Waals surface area contributed by atoms with Gasteiger partial charge in [0.1, 0.15) is 11.3 Å². The van der Waals surface area contributed by atoms with Crippen LogP contribution in [-0.4, -0.2) is 50.2 Å². The van der Waals surface area contributed by atoms with Crippen LogP contribution in [0.4, 0.5) is 0 Å². The lowest BCUT2D eigenvalue weighted by atomic mass is 10.0. The maximum Gasteiger partial charge on any atom is 0.261 e. The van der Waals surface area contributed by atoms with Crippen molar-refractivity contribution in [2.75, 3.05) is 35.5 Å². The van der Waals surface area contributed by atoms with Gasteiger partial charge in [-0.05, 0) is 48.3 Å². The number of phenols is 1. The standard InChI is InChI=1S/C24H26N2O7/c1-29-16-10-13(11-17(30-2)20(16)27)9-14-7-6-8-26-23(14)25-19-15(24(26)28)12-18(31-3)21(32-4)22(19)33-5/h9-12,27H,6-8H2,1-5H3/b14-9+. The molecule has 9 heteroatoms. The van der Waals surface area contributed by atoms with Gasteiger partial charge >= 0.3 is 0 Å². The number of aromatic nitrogens is 2. The summed E-state index contributed by atoms with van der Waals surface area (Å²) in [5.41, 5.74) is 1.84. The molecule has 174 valence electrons. The third-order valence-corrected chi connectivity index (χ3v) is 5.71. The van der Waals surface area contributed by atoms with Crippen LogP contribution in [0.25, 0.3) is 22.6 Å². The van der Waals surface area contributed by atoms with E-state index in [9.17, 15) is 9.90 Å². The third-order valence-electron chi connectivity index (χ3n) is 5.71. The van der Waals surface area contributed by atoms with Crippen LogP contribution in [0, 0.1) is 0 Å². The van der Waals surface area contributed by atoms with Crippen LogP contribution >= 0.6 is 0 Å². The molecule has 4 rings (SSSR count). The average molecular weight is 454 g/mol. The SMILES string of the molecule is COc1cc(/C=C2\CCCn3c2nc2c(OC)c(OC)c(OC)cc2c3=O)cc(OC)c1O. The highest BCUT2D eigenvalue weighted by atomic mass is 16.5. The molecule has 9 nitrogen and oxygen atoms in total. The van der Waals surface area contributed by atoms with Crippen molar-refractivity contribution >= 4 is 22.6 Å². The van der Waals surface area contributed by atoms with Crippen LogP contribution in [-0.2, 0) is 6.54 Å². The molecule has 0 spiro atoms. The Kier molecular flexibility index (Phi) is 6.04. The molecule has 0 unspecified atom stereocenters. The van der Waals surface area contributed by atoms with Crippen LogP contribution < -0.4 is 29.2 Å². The molecule has 0 fully saturated rings. The molecular weight excluding hydrogens is 428 g/mol. The number of nitrogens with zero attached hydrogens (tertiary/aromatic N) is 2. The predicted octanol–water partition coefficient (Wildman–Crippen LogP) is 3.48. The average Bonchev–Trinajstić information content (AvgIpc) is 2.84. The third kappa shape index (κ3) is 3.69. The summed E-state index contributed by atoms with van der Waals surface area (Å²) < 4.78 is 28.6. The van der Waals surface area contributed by atoms with Crippen molar-refractivity contribution in [3.05, 3.63) is 39.9 Å². The number of rotatable bonds is 6. The Morgan fingerprint density at radius 2 is 1.55 bits per heavy atom. The van der Waals surface area contributed by atoms with Gasteiger partial charge in [0.2, 0.25) is 11.5 Å². The molecule has 1 aliphatic heterocycles. The summed E-state index contributed by atoms with van der Waals surface area (Å²) in [4.78, 5) is 18.3. The fraction of sp³-hybridized carbons (Fsp3) is 0.333. The van der Waals surface area contributed by atoms with Crippen LogP contribution in [0.2, 0.25) is 0 Å². The molecule has 33 heavy (non-hydrogen) atoms. The second-order valence-electron chi connectivity index (χ2n) is 7.48. The van der Waals surface area contributed by atoms with E-state index in [2.05, 4.69) is 0 Å². The van der Waals surface area contributed by atoms with E-state index in [0.717, 1.165) is 24.0 Å². The minimum Gasteiger partial charge on any atom is -0.502 e. The number of hydrogen-bond acceptors (Lipinski definition) is 8. The first-order valence-corrected chi connectivity index (χ1v) is 10.4. The zero-order valence-corrected chi connectivity index (χ0v) is 19.2. The Hall–Kier alpha value is -3.88. The first-order valence-electron chi connectivity index (χ1n) is 10.4. The molecule has 0 bridgehead atoms. The Bertz CT molecular complexity index is 1290. The van der Waals surface area contributed by atoms with Crippen molar-refractivity contribution in [2.24, 2.45) is 0 Å². The minimum absolute atomic E-state index is 0.0719. The Labute approximate surface area is 190 Å². The number of allylic oxidation sites excluding steroid dienone is 1. The number of hydrogen-bond donors (Lipinski definition) is 1. The number of benzene rings is 2. The van der Waals surface area contributed by atoms with E-state index in [1.807, 2.05) is 6.08 Å². The van der Waals surface area contributed by atoms with Gasteiger partial charge < -0.3 is 28.8 Å². The second kappa shape index (κ2) is 8.93.